The number of aliphatic hydroxyl groups is 1. The van der Waals surface area contributed by atoms with Crippen molar-refractivity contribution in [2.45, 2.75) is 50.8 Å². The molecule has 0 radical (unpaired) electrons. The van der Waals surface area contributed by atoms with E-state index in [-0.39, 0.29) is 18.6 Å². The summed E-state index contributed by atoms with van der Waals surface area (Å²) in [6.45, 7) is 5.94. The molecule has 0 amide bonds. The molecule has 0 bridgehead atoms. The number of hydrogen-bond acceptors (Lipinski definition) is 4. The van der Waals surface area contributed by atoms with Crippen molar-refractivity contribution in [2.24, 2.45) is 5.92 Å². The van der Waals surface area contributed by atoms with Crippen LogP contribution in [0.1, 0.15) is 33.6 Å². The summed E-state index contributed by atoms with van der Waals surface area (Å²) < 4.78 is 22.5. The van der Waals surface area contributed by atoms with Crippen LogP contribution in [0, 0.1) is 5.92 Å². The Balaban J connectivity index is 2.90. The quantitative estimate of drug-likeness (QED) is 0.459. The Morgan fingerprint density at radius 1 is 1.10 bits per heavy atom. The molecule has 3 unspecified atom stereocenters. The van der Waals surface area contributed by atoms with E-state index in [9.17, 15) is 14.2 Å². The van der Waals surface area contributed by atoms with E-state index < -0.39 is 26.7 Å². The molecule has 1 saturated heterocycles. The predicted octanol–water partition coefficient (Wildman–Crippen LogP) is 0.497. The maximum absolute atomic E-state index is 11.3. The lowest BCUT2D eigenvalue weighted by atomic mass is 10.0. The van der Waals surface area contributed by atoms with Crippen LogP contribution in [-0.4, -0.2) is 53.3 Å². The zero-order chi connectivity index (χ0) is 15.9. The predicted molar refractivity (Wildman–Crippen MR) is 73.1 cm³/mol. The minimum Gasteiger partial charge on any atom is -0.367 e. The minimum absolute atomic E-state index is 0.0133. The number of likely N-dealkylation sites (tertiary alicyclic amines) is 1. The Morgan fingerprint density at radius 2 is 1.55 bits per heavy atom. The topological polar surface area (TPSA) is 139 Å². The Morgan fingerprint density at radius 3 is 1.85 bits per heavy atom. The summed E-state index contributed by atoms with van der Waals surface area (Å²) in [4.78, 5) is 38.2. The highest BCUT2D eigenvalue weighted by Gasteiger charge is 2.59. The van der Waals surface area contributed by atoms with Crippen molar-refractivity contribution >= 4 is 15.2 Å². The second kappa shape index (κ2) is 5.78. The second-order valence-corrected chi connectivity index (χ2v) is 9.66. The van der Waals surface area contributed by atoms with E-state index in [1.165, 1.54) is 0 Å². The Bertz CT molecular complexity index is 423. The molecule has 5 N–H and O–H groups in total. The molecule has 1 aliphatic heterocycles. The maximum atomic E-state index is 11.3. The normalized spacial score (nSPS) is 29.9. The number of rotatable bonds is 5. The third-order valence-electron chi connectivity index (χ3n) is 4.26. The van der Waals surface area contributed by atoms with Crippen LogP contribution in [0.15, 0.2) is 0 Å². The summed E-state index contributed by atoms with van der Waals surface area (Å²) >= 11 is 0. The Kier molecular flexibility index (Phi) is 5.28. The van der Waals surface area contributed by atoms with Gasteiger partial charge in [-0.1, -0.05) is 6.92 Å². The largest absolute Gasteiger partial charge is 0.369 e. The third-order valence-corrected chi connectivity index (χ3v) is 8.14. The smallest absolute Gasteiger partial charge is 0.367 e. The van der Waals surface area contributed by atoms with Gasteiger partial charge in [-0.05, 0) is 26.2 Å². The Hall–Kier alpha value is 0.220. The van der Waals surface area contributed by atoms with E-state index in [2.05, 4.69) is 0 Å². The molecule has 20 heavy (non-hydrogen) atoms. The first-order chi connectivity index (χ1) is 8.81. The van der Waals surface area contributed by atoms with E-state index in [1.54, 1.807) is 0 Å². The minimum atomic E-state index is -5.36. The summed E-state index contributed by atoms with van der Waals surface area (Å²) in [6.07, 6.45) is 0.217. The van der Waals surface area contributed by atoms with E-state index in [0.717, 1.165) is 6.42 Å². The molecule has 1 fully saturated rings. The van der Waals surface area contributed by atoms with Crippen molar-refractivity contribution < 1.29 is 33.8 Å². The van der Waals surface area contributed by atoms with Gasteiger partial charge in [0, 0.05) is 25.0 Å². The third kappa shape index (κ3) is 3.34. The van der Waals surface area contributed by atoms with Crippen LogP contribution in [0.5, 0.6) is 0 Å². The molecule has 0 saturated carbocycles. The van der Waals surface area contributed by atoms with Crippen molar-refractivity contribution in [1.29, 1.82) is 0 Å². The van der Waals surface area contributed by atoms with Crippen molar-refractivity contribution in [3.63, 3.8) is 0 Å². The number of nitrogens with zero attached hydrogens (tertiary/aromatic N) is 1. The van der Waals surface area contributed by atoms with Crippen LogP contribution in [0.4, 0.5) is 0 Å². The number of hydrogen-bond donors (Lipinski definition) is 5. The lowest BCUT2D eigenvalue weighted by Gasteiger charge is -2.33. The summed E-state index contributed by atoms with van der Waals surface area (Å²) in [6, 6.07) is 0.264. The monoisotopic (exact) mass is 331 g/mol. The van der Waals surface area contributed by atoms with Gasteiger partial charge in [-0.2, -0.15) is 0 Å². The molecule has 1 heterocycles. The van der Waals surface area contributed by atoms with Gasteiger partial charge in [0.15, 0.2) is 0 Å². The summed E-state index contributed by atoms with van der Waals surface area (Å²) in [5, 5.41) is 6.52. The lowest BCUT2D eigenvalue weighted by molar-refractivity contribution is 0.0981. The molecule has 1 rings (SSSR count). The van der Waals surface area contributed by atoms with Gasteiger partial charge in [-0.15, -0.1) is 0 Å². The Labute approximate surface area is 118 Å². The second-order valence-electron chi connectivity index (χ2n) is 5.65. The molecule has 10 heteroatoms. The van der Waals surface area contributed by atoms with E-state index in [4.69, 9.17) is 19.6 Å². The van der Waals surface area contributed by atoms with Gasteiger partial charge in [0.1, 0.15) is 0 Å². The fourth-order valence-electron chi connectivity index (χ4n) is 2.76. The van der Waals surface area contributed by atoms with E-state index >= 15 is 0 Å². The van der Waals surface area contributed by atoms with Gasteiger partial charge in [0.25, 0.3) is 5.08 Å². The highest BCUT2D eigenvalue weighted by atomic mass is 31.2. The van der Waals surface area contributed by atoms with Gasteiger partial charge >= 0.3 is 15.2 Å². The summed E-state index contributed by atoms with van der Waals surface area (Å²) in [5.74, 6) is 0.378. The molecule has 0 aliphatic carbocycles. The highest BCUT2D eigenvalue weighted by molar-refractivity contribution is 7.72. The fraction of sp³-hybridized carbons (Fsp3) is 1.00. The SMILES string of the molecule is CC1CC(C)N(CCC(O)(P(=O)(O)O)P(=O)(O)O)C1C. The molecular formula is C10H23NO7P2. The summed E-state index contributed by atoms with van der Waals surface area (Å²) in [5.41, 5.74) is 0. The lowest BCUT2D eigenvalue weighted by Crippen LogP contribution is -2.39. The van der Waals surface area contributed by atoms with E-state index in [1.807, 2.05) is 25.7 Å². The molecule has 0 aromatic rings. The van der Waals surface area contributed by atoms with Crippen LogP contribution in [0.2, 0.25) is 0 Å². The first-order valence-electron chi connectivity index (χ1n) is 6.40. The molecule has 0 aromatic carbocycles. The van der Waals surface area contributed by atoms with Gasteiger partial charge < -0.3 is 24.7 Å². The zero-order valence-electron chi connectivity index (χ0n) is 11.7. The van der Waals surface area contributed by atoms with Crippen molar-refractivity contribution in [1.82, 2.24) is 4.90 Å². The zero-order valence-corrected chi connectivity index (χ0v) is 13.5. The van der Waals surface area contributed by atoms with Gasteiger partial charge in [0.05, 0.1) is 0 Å². The first-order valence-corrected chi connectivity index (χ1v) is 9.63. The molecular weight excluding hydrogens is 308 g/mol. The maximum Gasteiger partial charge on any atom is 0.369 e. The van der Waals surface area contributed by atoms with Crippen LogP contribution in [-0.2, 0) is 9.13 Å². The van der Waals surface area contributed by atoms with Crippen molar-refractivity contribution in [3.8, 4) is 0 Å². The van der Waals surface area contributed by atoms with E-state index in [0.29, 0.717) is 5.92 Å². The van der Waals surface area contributed by atoms with Crippen LogP contribution >= 0.6 is 15.2 Å². The molecule has 0 aromatic heterocycles. The van der Waals surface area contributed by atoms with Crippen LogP contribution < -0.4 is 0 Å². The molecule has 3 atom stereocenters. The van der Waals surface area contributed by atoms with Gasteiger partial charge in [-0.3, -0.25) is 14.0 Å². The van der Waals surface area contributed by atoms with Gasteiger partial charge in [0.2, 0.25) is 0 Å². The molecule has 8 nitrogen and oxygen atoms in total. The fourth-order valence-corrected chi connectivity index (χ4v) is 4.90. The van der Waals surface area contributed by atoms with Crippen molar-refractivity contribution in [3.05, 3.63) is 0 Å². The molecule has 0 spiro atoms. The highest BCUT2D eigenvalue weighted by Crippen LogP contribution is 2.69. The average molecular weight is 331 g/mol. The summed E-state index contributed by atoms with van der Waals surface area (Å²) in [7, 11) is -10.7. The van der Waals surface area contributed by atoms with Crippen molar-refractivity contribution in [2.75, 3.05) is 6.54 Å². The standard InChI is InChI=1S/C10H23NO7P2/c1-7-6-8(2)11(9(7)3)5-4-10(12,19(13,14)15)20(16,17)18/h7-9,12H,4-6H2,1-3H3,(H2,13,14,15)(H2,16,17,18). The average Bonchev–Trinajstić information content (AvgIpc) is 2.47. The van der Waals surface area contributed by atoms with Gasteiger partial charge in [-0.25, -0.2) is 0 Å². The van der Waals surface area contributed by atoms with Crippen LogP contribution in [0.3, 0.4) is 0 Å². The molecule has 120 valence electrons. The van der Waals surface area contributed by atoms with Crippen LogP contribution in [0.25, 0.3) is 0 Å². The first kappa shape index (κ1) is 18.3. The molecule has 1 aliphatic rings.